The van der Waals surface area contributed by atoms with Crippen molar-refractivity contribution in [2.45, 2.75) is 51.3 Å². The van der Waals surface area contributed by atoms with Gasteiger partial charge in [-0.1, -0.05) is 20.3 Å². The van der Waals surface area contributed by atoms with Crippen LogP contribution in [0.4, 0.5) is 13.2 Å². The first-order chi connectivity index (χ1) is 12.8. The lowest BCUT2D eigenvalue weighted by atomic mass is 9.82. The number of halogens is 3. The summed E-state index contributed by atoms with van der Waals surface area (Å²) in [7, 11) is 0. The Morgan fingerprint density at radius 3 is 2.63 bits per heavy atom. The third kappa shape index (κ3) is 5.66. The molecule has 1 atom stereocenters. The maximum absolute atomic E-state index is 12.5. The largest absolute Gasteiger partial charge is 0.482 e. The van der Waals surface area contributed by atoms with Crippen molar-refractivity contribution in [3.63, 3.8) is 0 Å². The number of pyridine rings is 1. The lowest BCUT2D eigenvalue weighted by Gasteiger charge is -2.24. The average Bonchev–Trinajstić information content (AvgIpc) is 3.10. The number of alkyl halides is 3. The topological polar surface area (TPSA) is 90.1 Å². The molecule has 1 N–H and O–H groups in total. The van der Waals surface area contributed by atoms with Crippen molar-refractivity contribution in [3.05, 3.63) is 35.8 Å². The Labute approximate surface area is 154 Å². The average molecular weight is 386 g/mol. The summed E-state index contributed by atoms with van der Waals surface area (Å²) in [5, 5.41) is 10.6. The van der Waals surface area contributed by atoms with Gasteiger partial charge in [0.1, 0.15) is 11.4 Å². The fraction of sp³-hybridized carbons (Fsp3) is 0.529. The van der Waals surface area contributed by atoms with E-state index in [1.807, 2.05) is 13.8 Å². The Kier molecular flexibility index (Phi) is 6.75. The van der Waals surface area contributed by atoms with Crippen LogP contribution in [-0.2, 0) is 23.0 Å². The fourth-order valence-corrected chi connectivity index (χ4v) is 2.63. The molecule has 10 heteroatoms. The molecule has 7 nitrogen and oxygen atoms in total. The van der Waals surface area contributed by atoms with E-state index in [0.717, 1.165) is 25.1 Å². The zero-order chi connectivity index (χ0) is 19.9. The van der Waals surface area contributed by atoms with Crippen molar-refractivity contribution in [1.29, 1.82) is 0 Å². The normalized spacial score (nSPS) is 13.8. The van der Waals surface area contributed by atoms with Gasteiger partial charge in [-0.3, -0.25) is 4.79 Å². The van der Waals surface area contributed by atoms with Gasteiger partial charge in [0.05, 0.1) is 6.20 Å². The van der Waals surface area contributed by atoms with Gasteiger partial charge >= 0.3 is 6.18 Å². The summed E-state index contributed by atoms with van der Waals surface area (Å²) in [5.74, 6) is 0.797. The van der Waals surface area contributed by atoms with E-state index in [4.69, 9.17) is 9.15 Å². The number of hydrogen-bond donors (Lipinski definition) is 1. The first-order valence-corrected chi connectivity index (χ1v) is 8.44. The zero-order valence-corrected chi connectivity index (χ0v) is 15.0. The molecular formula is C17H21F3N4O3. The minimum atomic E-state index is -4.50. The molecule has 2 aromatic heterocycles. The molecule has 2 aromatic rings. The van der Waals surface area contributed by atoms with Gasteiger partial charge in [0.15, 0.2) is 6.61 Å². The second kappa shape index (κ2) is 8.83. The van der Waals surface area contributed by atoms with E-state index in [0.29, 0.717) is 25.3 Å². The van der Waals surface area contributed by atoms with Crippen LogP contribution >= 0.6 is 0 Å². The first kappa shape index (κ1) is 20.7. The Bertz CT molecular complexity index is 734. The van der Waals surface area contributed by atoms with Crippen LogP contribution in [0.1, 0.15) is 50.6 Å². The molecular weight excluding hydrogens is 365 g/mol. The summed E-state index contributed by atoms with van der Waals surface area (Å²) in [4.78, 5) is 13.8. The van der Waals surface area contributed by atoms with E-state index in [1.54, 1.807) is 0 Å². The summed E-state index contributed by atoms with van der Waals surface area (Å²) in [6.45, 7) is 4.39. The number of nitrogens with zero attached hydrogens (tertiary/aromatic N) is 3. The van der Waals surface area contributed by atoms with E-state index >= 15 is 0 Å². The minimum Gasteiger partial charge on any atom is -0.482 e. The number of amides is 1. The van der Waals surface area contributed by atoms with Gasteiger partial charge in [0.25, 0.3) is 5.89 Å². The lowest BCUT2D eigenvalue weighted by Crippen LogP contribution is -2.28. The molecule has 2 heterocycles. The molecule has 1 unspecified atom stereocenters. The highest BCUT2D eigenvalue weighted by atomic mass is 19.4. The highest BCUT2D eigenvalue weighted by molar-refractivity contribution is 5.45. The van der Waals surface area contributed by atoms with Crippen molar-refractivity contribution in [2.75, 3.05) is 6.54 Å². The van der Waals surface area contributed by atoms with Gasteiger partial charge in [0, 0.05) is 12.0 Å². The highest BCUT2D eigenvalue weighted by Crippen LogP contribution is 2.32. The van der Waals surface area contributed by atoms with E-state index < -0.39 is 17.3 Å². The zero-order valence-electron chi connectivity index (χ0n) is 15.0. The monoisotopic (exact) mass is 386 g/mol. The van der Waals surface area contributed by atoms with Crippen LogP contribution in [0.3, 0.4) is 0 Å². The van der Waals surface area contributed by atoms with Crippen LogP contribution in [0.25, 0.3) is 0 Å². The first-order valence-electron chi connectivity index (χ1n) is 8.44. The number of hydrogen-bond acceptors (Lipinski definition) is 6. The van der Waals surface area contributed by atoms with Crippen LogP contribution in [0.2, 0.25) is 0 Å². The molecule has 0 radical (unpaired) electrons. The molecule has 0 saturated carbocycles. The Hall–Kier alpha value is -2.65. The number of rotatable bonds is 10. The van der Waals surface area contributed by atoms with Gasteiger partial charge < -0.3 is 14.5 Å². The predicted octanol–water partition coefficient (Wildman–Crippen LogP) is 3.26. The van der Waals surface area contributed by atoms with Gasteiger partial charge in [-0.25, -0.2) is 4.98 Å². The molecule has 0 saturated heterocycles. The predicted molar refractivity (Wildman–Crippen MR) is 88.8 cm³/mol. The molecule has 0 fully saturated rings. The smallest absolute Gasteiger partial charge is 0.433 e. The molecule has 148 valence electrons. The van der Waals surface area contributed by atoms with E-state index in [1.165, 1.54) is 6.07 Å². The number of nitrogens with one attached hydrogen (secondary N) is 1. The molecule has 0 bridgehead atoms. The second-order valence-corrected chi connectivity index (χ2v) is 6.30. The molecule has 27 heavy (non-hydrogen) atoms. The minimum absolute atomic E-state index is 0.0885. The molecule has 2 rings (SSSR count). The van der Waals surface area contributed by atoms with Gasteiger partial charge in [0.2, 0.25) is 12.3 Å². The van der Waals surface area contributed by atoms with Crippen LogP contribution in [0, 0.1) is 0 Å². The standard InChI is InChI=1S/C17H21F3N4O3/c1-3-6-16(2,7-8-21-11-25)15-24-23-14(27-15)10-26-12-4-5-13(22-9-12)17(18,19)20/h4-5,9,11H,3,6-8,10H2,1-2H3,(H,21,25). The maximum Gasteiger partial charge on any atom is 0.433 e. The van der Waals surface area contributed by atoms with Gasteiger partial charge in [-0.05, 0) is 25.0 Å². The Morgan fingerprint density at radius 1 is 1.26 bits per heavy atom. The maximum atomic E-state index is 12.5. The number of carbonyl (C=O) groups excluding carboxylic acids is 1. The second-order valence-electron chi connectivity index (χ2n) is 6.30. The summed E-state index contributed by atoms with van der Waals surface area (Å²) >= 11 is 0. The van der Waals surface area contributed by atoms with E-state index in [-0.39, 0.29) is 18.2 Å². The number of aromatic nitrogens is 3. The van der Waals surface area contributed by atoms with E-state index in [9.17, 15) is 18.0 Å². The van der Waals surface area contributed by atoms with Crippen molar-refractivity contribution in [3.8, 4) is 5.75 Å². The summed E-state index contributed by atoms with van der Waals surface area (Å²) < 4.78 is 48.5. The Morgan fingerprint density at radius 2 is 2.04 bits per heavy atom. The van der Waals surface area contributed by atoms with Crippen molar-refractivity contribution < 1.29 is 27.1 Å². The van der Waals surface area contributed by atoms with Crippen molar-refractivity contribution >= 4 is 6.41 Å². The molecule has 0 aromatic carbocycles. The fourth-order valence-electron chi connectivity index (χ4n) is 2.63. The third-order valence-electron chi connectivity index (χ3n) is 4.08. The Balaban J connectivity index is 2.00. The van der Waals surface area contributed by atoms with Crippen molar-refractivity contribution in [1.82, 2.24) is 20.5 Å². The van der Waals surface area contributed by atoms with Crippen LogP contribution < -0.4 is 10.1 Å². The SMILES string of the molecule is CCCC(C)(CCNC=O)c1nnc(COc2ccc(C(F)(F)F)nc2)o1. The van der Waals surface area contributed by atoms with Gasteiger partial charge in [-0.2, -0.15) is 13.2 Å². The van der Waals surface area contributed by atoms with Gasteiger partial charge in [-0.15, -0.1) is 10.2 Å². The van der Waals surface area contributed by atoms with Crippen LogP contribution in [0.15, 0.2) is 22.7 Å². The molecule has 0 aliphatic heterocycles. The number of carbonyl (C=O) groups is 1. The summed E-state index contributed by atoms with van der Waals surface area (Å²) in [6.07, 6.45) is -0.556. The van der Waals surface area contributed by atoms with Crippen LogP contribution in [-0.4, -0.2) is 28.1 Å². The summed E-state index contributed by atoms with van der Waals surface area (Å²) in [5.41, 5.74) is -1.39. The third-order valence-corrected chi connectivity index (χ3v) is 4.08. The van der Waals surface area contributed by atoms with Crippen LogP contribution in [0.5, 0.6) is 5.75 Å². The summed E-state index contributed by atoms with van der Waals surface area (Å²) in [6, 6.07) is 2.02. The molecule has 0 aliphatic rings. The highest BCUT2D eigenvalue weighted by Gasteiger charge is 2.33. The number of ether oxygens (including phenoxy) is 1. The van der Waals surface area contributed by atoms with Crippen molar-refractivity contribution in [2.24, 2.45) is 0 Å². The van der Waals surface area contributed by atoms with E-state index in [2.05, 4.69) is 20.5 Å². The molecule has 1 amide bonds. The molecule has 0 spiro atoms. The lowest BCUT2D eigenvalue weighted by molar-refractivity contribution is -0.141. The quantitative estimate of drug-likeness (QED) is 0.498. The molecule has 0 aliphatic carbocycles.